The van der Waals surface area contributed by atoms with Gasteiger partial charge in [0.15, 0.2) is 5.43 Å². The highest BCUT2D eigenvalue weighted by Crippen LogP contribution is 2.25. The van der Waals surface area contributed by atoms with Crippen LogP contribution in [0.2, 0.25) is 0 Å². The maximum atomic E-state index is 15.0. The molecule has 0 saturated carbocycles. The summed E-state index contributed by atoms with van der Waals surface area (Å²) in [6.07, 6.45) is 2.85. The number of halogens is 1. The molecule has 4 aromatic rings. The van der Waals surface area contributed by atoms with E-state index in [-0.39, 0.29) is 16.4 Å². The molecule has 1 atom stereocenters. The zero-order valence-electron chi connectivity index (χ0n) is 20.9. The summed E-state index contributed by atoms with van der Waals surface area (Å²) < 4.78 is 15.0. The van der Waals surface area contributed by atoms with E-state index in [0.29, 0.717) is 22.5 Å². The Balaban J connectivity index is 1.39. The number of para-hydroxylation sites is 1. The first-order valence-corrected chi connectivity index (χ1v) is 12.1. The highest BCUT2D eigenvalue weighted by Gasteiger charge is 2.28. The van der Waals surface area contributed by atoms with Crippen molar-refractivity contribution in [2.45, 2.75) is 31.8 Å². The molecule has 1 unspecified atom stereocenters. The lowest BCUT2D eigenvalue weighted by atomic mass is 9.95. The van der Waals surface area contributed by atoms with Gasteiger partial charge >= 0.3 is 0 Å². The number of benzene rings is 2. The minimum atomic E-state index is -0.799. The van der Waals surface area contributed by atoms with Crippen molar-refractivity contribution in [3.8, 4) is 0 Å². The SMILES string of the molecule is CN1CCC(N(C)c2ccc(C(C)(C)NC(=O)c3cc4[nH]c5ccccc5c(=O)c4cc3F)cn2)C1. The van der Waals surface area contributed by atoms with E-state index in [9.17, 15) is 9.59 Å². The molecule has 7 nitrogen and oxygen atoms in total. The smallest absolute Gasteiger partial charge is 0.255 e. The number of anilines is 1. The van der Waals surface area contributed by atoms with Crippen LogP contribution in [0.25, 0.3) is 21.8 Å². The molecular weight excluding hydrogens is 457 g/mol. The van der Waals surface area contributed by atoms with E-state index in [1.807, 2.05) is 32.0 Å². The lowest BCUT2D eigenvalue weighted by molar-refractivity contribution is 0.0908. The summed E-state index contributed by atoms with van der Waals surface area (Å²) in [5.41, 5.74) is 0.648. The number of likely N-dealkylation sites (N-methyl/N-ethyl adjacent to an activating group) is 2. The van der Waals surface area contributed by atoms with Crippen LogP contribution in [0.15, 0.2) is 59.5 Å². The van der Waals surface area contributed by atoms with E-state index in [4.69, 9.17) is 0 Å². The van der Waals surface area contributed by atoms with Crippen molar-refractivity contribution in [3.05, 3.63) is 81.9 Å². The van der Waals surface area contributed by atoms with Gasteiger partial charge in [0.2, 0.25) is 0 Å². The highest BCUT2D eigenvalue weighted by molar-refractivity contribution is 6.00. The molecule has 1 amide bonds. The van der Waals surface area contributed by atoms with Gasteiger partial charge in [-0.05, 0) is 69.8 Å². The zero-order valence-corrected chi connectivity index (χ0v) is 20.9. The molecule has 0 aliphatic carbocycles. The Bertz CT molecular complexity index is 1510. The molecule has 1 fully saturated rings. The average molecular weight is 488 g/mol. The van der Waals surface area contributed by atoms with Gasteiger partial charge in [-0.2, -0.15) is 0 Å². The molecule has 1 aliphatic heterocycles. The topological polar surface area (TPSA) is 81.3 Å². The number of carbonyl (C=O) groups excluding carboxylic acids is 1. The van der Waals surface area contributed by atoms with E-state index >= 15 is 4.39 Å². The molecule has 36 heavy (non-hydrogen) atoms. The molecule has 5 rings (SSSR count). The van der Waals surface area contributed by atoms with Crippen molar-refractivity contribution < 1.29 is 9.18 Å². The van der Waals surface area contributed by atoms with Gasteiger partial charge in [-0.1, -0.05) is 18.2 Å². The van der Waals surface area contributed by atoms with Crippen LogP contribution in [0, 0.1) is 5.82 Å². The van der Waals surface area contributed by atoms with Crippen LogP contribution in [0.5, 0.6) is 0 Å². The zero-order chi connectivity index (χ0) is 25.6. The number of carbonyl (C=O) groups is 1. The third-order valence-corrected chi connectivity index (χ3v) is 7.21. The predicted molar refractivity (Wildman–Crippen MR) is 141 cm³/mol. The molecule has 0 radical (unpaired) electrons. The number of nitrogens with one attached hydrogen (secondary N) is 2. The summed E-state index contributed by atoms with van der Waals surface area (Å²) in [7, 11) is 4.17. The number of rotatable bonds is 5. The number of hydrogen-bond donors (Lipinski definition) is 2. The van der Waals surface area contributed by atoms with E-state index in [2.05, 4.69) is 39.2 Å². The van der Waals surface area contributed by atoms with Crippen molar-refractivity contribution >= 4 is 33.5 Å². The monoisotopic (exact) mass is 487 g/mol. The van der Waals surface area contributed by atoms with Gasteiger partial charge < -0.3 is 20.1 Å². The van der Waals surface area contributed by atoms with Gasteiger partial charge in [0.05, 0.1) is 16.6 Å². The number of pyridine rings is 2. The Morgan fingerprint density at radius 1 is 1.17 bits per heavy atom. The summed E-state index contributed by atoms with van der Waals surface area (Å²) in [5.74, 6) is -0.435. The van der Waals surface area contributed by atoms with Crippen molar-refractivity contribution in [2.75, 3.05) is 32.1 Å². The number of H-pyrrole nitrogens is 1. The predicted octanol–water partition coefficient (Wildman–Crippen LogP) is 4.02. The van der Waals surface area contributed by atoms with E-state index in [1.165, 1.54) is 6.07 Å². The quantitative estimate of drug-likeness (QED) is 0.416. The normalized spacial score (nSPS) is 16.5. The molecule has 2 aromatic carbocycles. The molecule has 0 spiro atoms. The minimum Gasteiger partial charge on any atom is -0.355 e. The van der Waals surface area contributed by atoms with Crippen molar-refractivity contribution in [1.29, 1.82) is 0 Å². The fraction of sp³-hybridized carbons (Fsp3) is 0.321. The summed E-state index contributed by atoms with van der Waals surface area (Å²) >= 11 is 0. The lowest BCUT2D eigenvalue weighted by Gasteiger charge is -2.29. The van der Waals surface area contributed by atoms with Crippen LogP contribution in [0.3, 0.4) is 0 Å². The minimum absolute atomic E-state index is 0.129. The van der Waals surface area contributed by atoms with E-state index in [0.717, 1.165) is 37.0 Å². The molecule has 2 N–H and O–H groups in total. The first kappa shape index (κ1) is 23.9. The van der Waals surface area contributed by atoms with Crippen LogP contribution >= 0.6 is 0 Å². The Hall–Kier alpha value is -3.78. The lowest BCUT2D eigenvalue weighted by Crippen LogP contribution is -2.41. The molecular formula is C28H30FN5O2. The third kappa shape index (κ3) is 4.33. The number of likely N-dealkylation sites (tertiary alicyclic amines) is 1. The second kappa shape index (κ2) is 9.02. The van der Waals surface area contributed by atoms with Crippen LogP contribution in [0.4, 0.5) is 10.2 Å². The van der Waals surface area contributed by atoms with Crippen molar-refractivity contribution in [3.63, 3.8) is 0 Å². The number of aromatic nitrogens is 2. The number of nitrogens with zero attached hydrogens (tertiary/aromatic N) is 3. The standard InChI is InChI=1S/C28H30FN5O2/c1-28(2,17-9-10-25(30-15-17)34(4)18-11-12-33(3)16-18)32-27(36)20-14-24-21(13-22(20)29)26(35)19-7-5-6-8-23(19)31-24/h5-10,13-15,18H,11-12,16H2,1-4H3,(H,31,35)(H,32,36). The van der Waals surface area contributed by atoms with Crippen LogP contribution in [0.1, 0.15) is 36.2 Å². The summed E-state index contributed by atoms with van der Waals surface area (Å²) in [4.78, 5) is 38.2. The second-order valence-electron chi connectivity index (χ2n) is 10.2. The Morgan fingerprint density at radius 2 is 1.94 bits per heavy atom. The van der Waals surface area contributed by atoms with E-state index in [1.54, 1.807) is 24.4 Å². The summed E-state index contributed by atoms with van der Waals surface area (Å²) in [6.45, 7) is 5.78. The fourth-order valence-corrected chi connectivity index (χ4v) is 4.92. The Kier molecular flexibility index (Phi) is 6.00. The van der Waals surface area contributed by atoms with Crippen molar-refractivity contribution in [2.24, 2.45) is 0 Å². The number of fused-ring (bicyclic) bond motifs is 2. The van der Waals surface area contributed by atoms with Gasteiger partial charge in [0, 0.05) is 42.1 Å². The molecule has 186 valence electrons. The second-order valence-corrected chi connectivity index (χ2v) is 10.2. The van der Waals surface area contributed by atoms with Gasteiger partial charge in [0.25, 0.3) is 5.91 Å². The maximum Gasteiger partial charge on any atom is 0.255 e. The van der Waals surface area contributed by atoms with E-state index < -0.39 is 17.3 Å². The first-order chi connectivity index (χ1) is 17.1. The molecule has 1 saturated heterocycles. The Labute approximate surface area is 208 Å². The fourth-order valence-electron chi connectivity index (χ4n) is 4.92. The molecule has 2 aromatic heterocycles. The number of hydrogen-bond acceptors (Lipinski definition) is 5. The summed E-state index contributed by atoms with van der Waals surface area (Å²) in [6, 6.07) is 13.9. The molecule has 1 aliphatic rings. The highest BCUT2D eigenvalue weighted by atomic mass is 19.1. The Morgan fingerprint density at radius 3 is 2.64 bits per heavy atom. The van der Waals surface area contributed by atoms with Crippen molar-refractivity contribution in [1.82, 2.24) is 20.2 Å². The summed E-state index contributed by atoms with van der Waals surface area (Å²) in [5, 5.41) is 3.61. The number of amides is 1. The average Bonchev–Trinajstić information content (AvgIpc) is 3.30. The largest absolute Gasteiger partial charge is 0.355 e. The van der Waals surface area contributed by atoms with Gasteiger partial charge in [-0.3, -0.25) is 9.59 Å². The number of aromatic amines is 1. The van der Waals surface area contributed by atoms with Crippen LogP contribution < -0.4 is 15.6 Å². The maximum absolute atomic E-state index is 15.0. The van der Waals surface area contributed by atoms with Crippen LogP contribution in [-0.4, -0.2) is 54.0 Å². The van der Waals surface area contributed by atoms with Crippen LogP contribution in [-0.2, 0) is 5.54 Å². The first-order valence-electron chi connectivity index (χ1n) is 12.1. The van der Waals surface area contributed by atoms with Gasteiger partial charge in [0.1, 0.15) is 11.6 Å². The molecule has 3 heterocycles. The van der Waals surface area contributed by atoms with Gasteiger partial charge in [-0.25, -0.2) is 9.37 Å². The third-order valence-electron chi connectivity index (χ3n) is 7.21. The van der Waals surface area contributed by atoms with Gasteiger partial charge in [-0.15, -0.1) is 0 Å². The molecule has 8 heteroatoms. The molecule has 0 bridgehead atoms.